The fraction of sp³-hybridized carbons (Fsp3) is 0.133. The summed E-state index contributed by atoms with van der Waals surface area (Å²) in [6.45, 7) is 1.80. The number of anilines is 1. The average molecular weight is 291 g/mol. The highest BCUT2D eigenvalue weighted by Crippen LogP contribution is 2.23. The van der Waals surface area contributed by atoms with Gasteiger partial charge in [0.1, 0.15) is 11.5 Å². The van der Waals surface area contributed by atoms with Crippen molar-refractivity contribution in [3.8, 4) is 11.5 Å². The number of ether oxygens (including phenoxy) is 1. The Morgan fingerprint density at radius 3 is 2.55 bits per heavy atom. The molecule has 104 valence electrons. The van der Waals surface area contributed by atoms with Crippen molar-refractivity contribution in [3.63, 3.8) is 0 Å². The van der Waals surface area contributed by atoms with Gasteiger partial charge in [0.25, 0.3) is 0 Å². The van der Waals surface area contributed by atoms with Crippen molar-refractivity contribution in [2.45, 2.75) is 6.92 Å². The number of methoxy groups -OCH3 is 1. The molecule has 0 heterocycles. The van der Waals surface area contributed by atoms with Gasteiger partial charge >= 0.3 is 0 Å². The third-order valence-electron chi connectivity index (χ3n) is 2.79. The van der Waals surface area contributed by atoms with Crippen molar-refractivity contribution in [2.24, 2.45) is 5.10 Å². The minimum atomic E-state index is 0.157. The summed E-state index contributed by atoms with van der Waals surface area (Å²) in [6, 6.07) is 12.2. The molecule has 5 heteroatoms. The molecule has 0 spiro atoms. The first-order chi connectivity index (χ1) is 9.60. The Kier molecular flexibility index (Phi) is 4.48. The van der Waals surface area contributed by atoms with Crippen molar-refractivity contribution in [2.75, 3.05) is 12.5 Å². The number of benzene rings is 2. The van der Waals surface area contributed by atoms with E-state index in [0.717, 1.165) is 5.69 Å². The molecular weight excluding hydrogens is 276 g/mol. The Balaban J connectivity index is 2.19. The number of phenols is 1. The number of nitrogens with one attached hydrogen (secondary N) is 1. The zero-order valence-electron chi connectivity index (χ0n) is 11.2. The molecule has 0 saturated carbocycles. The maximum atomic E-state index is 9.85. The molecule has 2 N–H and O–H groups in total. The third kappa shape index (κ3) is 3.42. The van der Waals surface area contributed by atoms with Crippen LogP contribution in [0.4, 0.5) is 5.69 Å². The molecule has 0 radical (unpaired) electrons. The van der Waals surface area contributed by atoms with E-state index in [-0.39, 0.29) is 5.75 Å². The van der Waals surface area contributed by atoms with Gasteiger partial charge in [-0.1, -0.05) is 11.6 Å². The van der Waals surface area contributed by atoms with Crippen molar-refractivity contribution in [3.05, 3.63) is 53.1 Å². The van der Waals surface area contributed by atoms with Crippen LogP contribution in [0.5, 0.6) is 11.5 Å². The molecule has 0 bridgehead atoms. The number of hydrazone groups is 1. The zero-order chi connectivity index (χ0) is 14.5. The summed E-state index contributed by atoms with van der Waals surface area (Å²) in [6.07, 6.45) is 0. The van der Waals surface area contributed by atoms with Crippen LogP contribution in [0.1, 0.15) is 12.5 Å². The van der Waals surface area contributed by atoms with Gasteiger partial charge in [-0.2, -0.15) is 5.10 Å². The normalized spacial score (nSPS) is 11.2. The van der Waals surface area contributed by atoms with Gasteiger partial charge in [0.15, 0.2) is 0 Å². The maximum Gasteiger partial charge on any atom is 0.124 e. The molecule has 0 fully saturated rings. The monoisotopic (exact) mass is 290 g/mol. The molecule has 2 aromatic rings. The summed E-state index contributed by atoms with van der Waals surface area (Å²) in [4.78, 5) is 0. The summed E-state index contributed by atoms with van der Waals surface area (Å²) < 4.78 is 5.13. The standard InChI is InChI=1S/C15H15ClN2O2/c1-10(14-9-13(20-2)7-8-15(14)19)17-18-12-5-3-11(16)4-6-12/h3-9,18-19H,1-2H3/b17-10+. The van der Waals surface area contributed by atoms with E-state index in [1.165, 1.54) is 0 Å². The van der Waals surface area contributed by atoms with Crippen molar-refractivity contribution in [1.29, 1.82) is 0 Å². The SMILES string of the molecule is COc1ccc(O)c(/C(C)=N/Nc2ccc(Cl)cc2)c1. The maximum absolute atomic E-state index is 9.85. The first-order valence-corrected chi connectivity index (χ1v) is 6.41. The molecule has 0 amide bonds. The lowest BCUT2D eigenvalue weighted by atomic mass is 10.1. The minimum Gasteiger partial charge on any atom is -0.507 e. The summed E-state index contributed by atoms with van der Waals surface area (Å²) in [5, 5.41) is 14.8. The van der Waals surface area contributed by atoms with Gasteiger partial charge in [-0.25, -0.2) is 0 Å². The van der Waals surface area contributed by atoms with E-state index in [0.29, 0.717) is 22.0 Å². The fourth-order valence-corrected chi connectivity index (χ4v) is 1.79. The molecule has 0 saturated heterocycles. The van der Waals surface area contributed by atoms with Gasteiger partial charge in [-0.3, -0.25) is 5.43 Å². The minimum absolute atomic E-state index is 0.157. The molecule has 2 aromatic carbocycles. The molecule has 4 nitrogen and oxygen atoms in total. The predicted molar refractivity (Wildman–Crippen MR) is 81.9 cm³/mol. The lowest BCUT2D eigenvalue weighted by molar-refractivity contribution is 0.412. The van der Waals surface area contributed by atoms with E-state index >= 15 is 0 Å². The fourth-order valence-electron chi connectivity index (χ4n) is 1.66. The first kappa shape index (κ1) is 14.2. The number of hydrogen-bond donors (Lipinski definition) is 2. The summed E-state index contributed by atoms with van der Waals surface area (Å²) in [5.74, 6) is 0.823. The highest BCUT2D eigenvalue weighted by molar-refractivity contribution is 6.30. The molecular formula is C15H15ClN2O2. The van der Waals surface area contributed by atoms with Crippen molar-refractivity contribution in [1.82, 2.24) is 0 Å². The van der Waals surface area contributed by atoms with E-state index in [1.54, 1.807) is 44.4 Å². The highest BCUT2D eigenvalue weighted by Gasteiger charge is 2.06. The van der Waals surface area contributed by atoms with Crippen molar-refractivity contribution < 1.29 is 9.84 Å². The number of rotatable bonds is 4. The van der Waals surface area contributed by atoms with Gasteiger partial charge < -0.3 is 9.84 Å². The highest BCUT2D eigenvalue weighted by atomic mass is 35.5. The Morgan fingerprint density at radius 1 is 1.20 bits per heavy atom. The third-order valence-corrected chi connectivity index (χ3v) is 3.04. The molecule has 0 aliphatic carbocycles. The number of nitrogens with zero attached hydrogens (tertiary/aromatic N) is 1. The van der Waals surface area contributed by atoms with Crippen LogP contribution in [0.25, 0.3) is 0 Å². The van der Waals surface area contributed by atoms with Crippen LogP contribution in [0.3, 0.4) is 0 Å². The molecule has 2 rings (SSSR count). The molecule has 0 atom stereocenters. The van der Waals surface area contributed by atoms with Crippen LogP contribution in [-0.2, 0) is 0 Å². The van der Waals surface area contributed by atoms with Crippen LogP contribution in [0, 0.1) is 0 Å². The summed E-state index contributed by atoms with van der Waals surface area (Å²) in [7, 11) is 1.58. The van der Waals surface area contributed by atoms with E-state index in [1.807, 2.05) is 12.1 Å². The zero-order valence-corrected chi connectivity index (χ0v) is 12.0. The Morgan fingerprint density at radius 2 is 1.90 bits per heavy atom. The van der Waals surface area contributed by atoms with Gasteiger partial charge in [-0.15, -0.1) is 0 Å². The van der Waals surface area contributed by atoms with Crippen LogP contribution in [0.2, 0.25) is 5.02 Å². The topological polar surface area (TPSA) is 53.9 Å². The molecule has 0 aliphatic heterocycles. The Bertz CT molecular complexity index is 624. The Hall–Kier alpha value is -2.20. The van der Waals surface area contributed by atoms with Crippen LogP contribution >= 0.6 is 11.6 Å². The molecule has 0 aliphatic rings. The Labute approximate surface area is 122 Å². The second-order valence-electron chi connectivity index (χ2n) is 4.20. The smallest absolute Gasteiger partial charge is 0.124 e. The van der Waals surface area contributed by atoms with E-state index < -0.39 is 0 Å². The second-order valence-corrected chi connectivity index (χ2v) is 4.64. The second kappa shape index (κ2) is 6.30. The molecule has 20 heavy (non-hydrogen) atoms. The van der Waals surface area contributed by atoms with E-state index in [4.69, 9.17) is 16.3 Å². The largest absolute Gasteiger partial charge is 0.507 e. The number of hydrogen-bond acceptors (Lipinski definition) is 4. The molecule has 0 unspecified atom stereocenters. The van der Waals surface area contributed by atoms with Crippen LogP contribution in [0.15, 0.2) is 47.6 Å². The predicted octanol–water partition coefficient (Wildman–Crippen LogP) is 3.89. The van der Waals surface area contributed by atoms with E-state index in [2.05, 4.69) is 10.5 Å². The summed E-state index contributed by atoms with van der Waals surface area (Å²) >= 11 is 5.81. The summed E-state index contributed by atoms with van der Waals surface area (Å²) in [5.41, 5.74) is 4.99. The van der Waals surface area contributed by atoms with Crippen molar-refractivity contribution >= 4 is 23.0 Å². The lowest BCUT2D eigenvalue weighted by Gasteiger charge is -2.08. The van der Waals surface area contributed by atoms with E-state index in [9.17, 15) is 5.11 Å². The number of halogens is 1. The van der Waals surface area contributed by atoms with Gasteiger partial charge in [0.2, 0.25) is 0 Å². The average Bonchev–Trinajstić information content (AvgIpc) is 2.47. The van der Waals surface area contributed by atoms with Crippen LogP contribution in [-0.4, -0.2) is 17.9 Å². The van der Waals surface area contributed by atoms with Gasteiger partial charge in [-0.05, 0) is 49.4 Å². The quantitative estimate of drug-likeness (QED) is 0.663. The van der Waals surface area contributed by atoms with Crippen LogP contribution < -0.4 is 10.2 Å². The van der Waals surface area contributed by atoms with Gasteiger partial charge in [0, 0.05) is 10.6 Å². The number of aromatic hydroxyl groups is 1. The van der Waals surface area contributed by atoms with Gasteiger partial charge in [0.05, 0.1) is 18.5 Å². The molecule has 0 aromatic heterocycles. The lowest BCUT2D eigenvalue weighted by Crippen LogP contribution is -2.00. The first-order valence-electron chi connectivity index (χ1n) is 6.03. The number of phenolic OH excluding ortho intramolecular Hbond substituents is 1.